The third-order valence-corrected chi connectivity index (χ3v) is 7.14. The largest absolute Gasteiger partial charge is 0.324 e. The molecule has 4 rings (SSSR count). The van der Waals surface area contributed by atoms with E-state index in [0.29, 0.717) is 5.92 Å². The van der Waals surface area contributed by atoms with Crippen molar-refractivity contribution in [3.63, 3.8) is 0 Å². The molecule has 0 saturated carbocycles. The Kier molecular flexibility index (Phi) is 4.69. The number of nitrogens with zero attached hydrogens (tertiary/aromatic N) is 1. The van der Waals surface area contributed by atoms with Gasteiger partial charge in [0.05, 0.1) is 26.2 Å². The first kappa shape index (κ1) is 16.8. The summed E-state index contributed by atoms with van der Waals surface area (Å²) < 4.78 is 1.28. The first-order valence-corrected chi connectivity index (χ1v) is 10.1. The third-order valence-electron chi connectivity index (χ3n) is 7.14. The molecule has 0 radical (unpaired) electrons. The van der Waals surface area contributed by atoms with E-state index in [1.807, 2.05) is 0 Å². The van der Waals surface area contributed by atoms with E-state index in [1.54, 1.807) is 0 Å². The molecule has 25 heavy (non-hydrogen) atoms. The Bertz CT molecular complexity index is 620. The molecule has 2 bridgehead atoms. The number of hydrogen-bond donors (Lipinski definition) is 0. The van der Waals surface area contributed by atoms with Crippen LogP contribution in [0.3, 0.4) is 0 Å². The SMILES string of the molecule is C[N+]1(C)[C@@H]2CCC[C@H]1CC(CC(c1ccccc1)c1ccccc1)C2. The first-order valence-electron chi connectivity index (χ1n) is 10.1. The van der Waals surface area contributed by atoms with Crippen LogP contribution >= 0.6 is 0 Å². The maximum atomic E-state index is 2.48. The second-order valence-corrected chi connectivity index (χ2v) is 8.81. The topological polar surface area (TPSA) is 0 Å². The Morgan fingerprint density at radius 3 is 1.76 bits per heavy atom. The van der Waals surface area contributed by atoms with Crippen LogP contribution in [0, 0.1) is 5.92 Å². The van der Waals surface area contributed by atoms with Crippen molar-refractivity contribution in [3.8, 4) is 0 Å². The highest BCUT2D eigenvalue weighted by Gasteiger charge is 2.46. The molecule has 2 heterocycles. The van der Waals surface area contributed by atoms with Crippen molar-refractivity contribution in [1.29, 1.82) is 0 Å². The Labute approximate surface area is 153 Å². The summed E-state index contributed by atoms with van der Waals surface area (Å²) in [5.41, 5.74) is 2.97. The van der Waals surface area contributed by atoms with Crippen molar-refractivity contribution < 1.29 is 4.48 Å². The normalized spacial score (nSPS) is 28.0. The molecular weight excluding hydrogens is 302 g/mol. The van der Waals surface area contributed by atoms with Crippen molar-refractivity contribution >= 4 is 0 Å². The molecule has 1 nitrogen and oxygen atoms in total. The Balaban J connectivity index is 1.58. The number of piperidine rings is 2. The quantitative estimate of drug-likeness (QED) is 0.637. The fraction of sp³-hybridized carbons (Fsp3) is 0.500. The lowest BCUT2D eigenvalue weighted by Crippen LogP contribution is -2.62. The molecule has 2 saturated heterocycles. The molecule has 2 aliphatic heterocycles. The lowest BCUT2D eigenvalue weighted by molar-refractivity contribution is -0.950. The van der Waals surface area contributed by atoms with E-state index >= 15 is 0 Å². The molecule has 2 aromatic rings. The Morgan fingerprint density at radius 2 is 1.28 bits per heavy atom. The highest BCUT2D eigenvalue weighted by molar-refractivity contribution is 5.32. The number of benzene rings is 2. The van der Waals surface area contributed by atoms with Gasteiger partial charge in [-0.3, -0.25) is 0 Å². The van der Waals surface area contributed by atoms with Gasteiger partial charge in [0, 0.05) is 18.8 Å². The van der Waals surface area contributed by atoms with Crippen LogP contribution in [0.2, 0.25) is 0 Å². The number of rotatable bonds is 4. The monoisotopic (exact) mass is 334 g/mol. The van der Waals surface area contributed by atoms with Gasteiger partial charge in [0.25, 0.3) is 0 Å². The molecule has 1 unspecified atom stereocenters. The molecule has 0 amide bonds. The van der Waals surface area contributed by atoms with Gasteiger partial charge in [0.2, 0.25) is 0 Å². The van der Waals surface area contributed by atoms with Gasteiger partial charge in [-0.25, -0.2) is 0 Å². The van der Waals surface area contributed by atoms with E-state index in [1.165, 1.54) is 54.1 Å². The third kappa shape index (κ3) is 3.40. The second kappa shape index (κ2) is 6.96. The maximum absolute atomic E-state index is 2.48. The molecule has 2 aromatic carbocycles. The highest BCUT2D eigenvalue weighted by atomic mass is 15.4. The van der Waals surface area contributed by atoms with E-state index in [9.17, 15) is 0 Å². The van der Waals surface area contributed by atoms with E-state index in [4.69, 9.17) is 0 Å². The van der Waals surface area contributed by atoms with Crippen LogP contribution in [0.4, 0.5) is 0 Å². The van der Waals surface area contributed by atoms with Crippen LogP contribution in [0.25, 0.3) is 0 Å². The van der Waals surface area contributed by atoms with Gasteiger partial charge < -0.3 is 4.48 Å². The number of fused-ring (bicyclic) bond motifs is 2. The molecule has 132 valence electrons. The van der Waals surface area contributed by atoms with Crippen LogP contribution < -0.4 is 0 Å². The zero-order valence-electron chi connectivity index (χ0n) is 15.8. The Hall–Kier alpha value is -1.60. The summed E-state index contributed by atoms with van der Waals surface area (Å²) in [6, 6.07) is 24.1. The van der Waals surface area contributed by atoms with E-state index in [0.717, 1.165) is 18.0 Å². The standard InChI is InChI=1S/C24H32N/c1-25(2)22-14-9-15-23(25)17-19(16-22)18-24(20-10-5-3-6-11-20)21-12-7-4-8-13-21/h3-8,10-13,19,22-24H,9,14-18H2,1-2H3/q+1/t19?,22-,23+. The molecule has 2 aliphatic rings. The van der Waals surface area contributed by atoms with Gasteiger partial charge in [-0.1, -0.05) is 60.7 Å². The first-order chi connectivity index (χ1) is 12.1. The lowest BCUT2D eigenvalue weighted by atomic mass is 9.72. The minimum Gasteiger partial charge on any atom is -0.324 e. The van der Waals surface area contributed by atoms with Crippen LogP contribution in [-0.2, 0) is 0 Å². The number of quaternary nitrogens is 1. The molecule has 3 atom stereocenters. The summed E-state index contributed by atoms with van der Waals surface area (Å²) in [4.78, 5) is 0. The van der Waals surface area contributed by atoms with Crippen molar-refractivity contribution in [1.82, 2.24) is 0 Å². The fourth-order valence-corrected chi connectivity index (χ4v) is 5.56. The zero-order chi connectivity index (χ0) is 17.3. The minimum atomic E-state index is 0.543. The summed E-state index contributed by atoms with van der Waals surface area (Å²) in [5, 5.41) is 0. The van der Waals surface area contributed by atoms with Crippen molar-refractivity contribution in [2.24, 2.45) is 5.92 Å². The highest BCUT2D eigenvalue weighted by Crippen LogP contribution is 2.44. The van der Waals surface area contributed by atoms with Gasteiger partial charge in [-0.15, -0.1) is 0 Å². The van der Waals surface area contributed by atoms with Crippen molar-refractivity contribution in [2.75, 3.05) is 14.1 Å². The van der Waals surface area contributed by atoms with E-state index in [2.05, 4.69) is 74.8 Å². The van der Waals surface area contributed by atoms with Gasteiger partial charge in [-0.2, -0.15) is 0 Å². The van der Waals surface area contributed by atoms with Crippen LogP contribution in [0.1, 0.15) is 55.6 Å². The molecule has 0 N–H and O–H groups in total. The molecule has 0 aromatic heterocycles. The van der Waals surface area contributed by atoms with Crippen LogP contribution in [-0.4, -0.2) is 30.7 Å². The predicted octanol–water partition coefficient (Wildman–Crippen LogP) is 5.62. The van der Waals surface area contributed by atoms with Gasteiger partial charge >= 0.3 is 0 Å². The van der Waals surface area contributed by atoms with Gasteiger partial charge in [0.15, 0.2) is 0 Å². The van der Waals surface area contributed by atoms with Gasteiger partial charge in [0.1, 0.15) is 0 Å². The van der Waals surface area contributed by atoms with Crippen molar-refractivity contribution in [2.45, 2.75) is 56.5 Å². The fourth-order valence-electron chi connectivity index (χ4n) is 5.56. The van der Waals surface area contributed by atoms with Crippen LogP contribution in [0.15, 0.2) is 60.7 Å². The predicted molar refractivity (Wildman–Crippen MR) is 106 cm³/mol. The van der Waals surface area contributed by atoms with E-state index < -0.39 is 0 Å². The van der Waals surface area contributed by atoms with Crippen molar-refractivity contribution in [3.05, 3.63) is 71.8 Å². The summed E-state index contributed by atoms with van der Waals surface area (Å²) in [7, 11) is 4.97. The number of hydrogen-bond acceptors (Lipinski definition) is 0. The maximum Gasteiger partial charge on any atom is 0.0891 e. The average Bonchev–Trinajstić information content (AvgIpc) is 2.61. The summed E-state index contributed by atoms with van der Waals surface area (Å²) >= 11 is 0. The second-order valence-electron chi connectivity index (χ2n) is 8.81. The molecule has 1 heteroatoms. The minimum absolute atomic E-state index is 0.543. The smallest absolute Gasteiger partial charge is 0.0891 e. The molecule has 0 spiro atoms. The molecule has 2 fully saturated rings. The lowest BCUT2D eigenvalue weighted by Gasteiger charge is -2.53. The van der Waals surface area contributed by atoms with E-state index in [-0.39, 0.29) is 0 Å². The molecule has 0 aliphatic carbocycles. The van der Waals surface area contributed by atoms with Crippen LogP contribution in [0.5, 0.6) is 0 Å². The van der Waals surface area contributed by atoms with Gasteiger partial charge in [-0.05, 0) is 42.7 Å². The average molecular weight is 335 g/mol. The molecular formula is C24H32N+. The summed E-state index contributed by atoms with van der Waals surface area (Å²) in [6.45, 7) is 0. The zero-order valence-corrected chi connectivity index (χ0v) is 15.8. The summed E-state index contributed by atoms with van der Waals surface area (Å²) in [5.74, 6) is 1.41. The summed E-state index contributed by atoms with van der Waals surface area (Å²) in [6.07, 6.45) is 8.45. The Morgan fingerprint density at radius 1 is 0.800 bits per heavy atom.